The number of aliphatic carboxylic acids is 1. The monoisotopic (exact) mass is 531 g/mol. The topological polar surface area (TPSA) is 109 Å². The Bertz CT molecular complexity index is 1450. The van der Waals surface area contributed by atoms with Crippen molar-refractivity contribution in [3.05, 3.63) is 106 Å². The molecule has 0 saturated carbocycles. The second-order valence-electron chi connectivity index (χ2n) is 9.19. The fourth-order valence-corrected chi connectivity index (χ4v) is 4.59. The summed E-state index contributed by atoms with van der Waals surface area (Å²) < 4.78 is 1.90. The van der Waals surface area contributed by atoms with Crippen molar-refractivity contribution in [2.24, 2.45) is 0 Å². The zero-order valence-electron chi connectivity index (χ0n) is 21.5. The second kappa shape index (κ2) is 11.9. The van der Waals surface area contributed by atoms with E-state index in [-0.39, 0.29) is 6.42 Å². The molecule has 1 unspecified atom stereocenters. The number of pyridine rings is 1. The van der Waals surface area contributed by atoms with Crippen molar-refractivity contribution in [3.8, 4) is 5.69 Å². The number of carbonyl (C=O) groups excluding carboxylic acids is 1. The zero-order chi connectivity index (χ0) is 27.2. The molecule has 0 aliphatic heterocycles. The van der Waals surface area contributed by atoms with Gasteiger partial charge in [0.1, 0.15) is 11.9 Å². The van der Waals surface area contributed by atoms with Crippen LogP contribution in [0.4, 0.5) is 5.82 Å². The summed E-state index contributed by atoms with van der Waals surface area (Å²) in [6.07, 6.45) is 6.18. The summed E-state index contributed by atoms with van der Waals surface area (Å²) in [4.78, 5) is 33.8. The highest BCUT2D eigenvalue weighted by atomic mass is 35.5. The normalized spacial score (nSPS) is 11.7. The Balaban J connectivity index is 1.41. The minimum absolute atomic E-state index is 0.151. The smallest absolute Gasteiger partial charge is 0.326 e. The van der Waals surface area contributed by atoms with E-state index in [1.54, 1.807) is 31.6 Å². The molecule has 1 amide bonds. The van der Waals surface area contributed by atoms with Crippen LogP contribution in [-0.2, 0) is 24.2 Å². The Morgan fingerprint density at radius 1 is 1.08 bits per heavy atom. The number of nitrogens with zero attached hydrogens (tertiary/aromatic N) is 3. The number of benzene rings is 2. The van der Waals surface area contributed by atoms with Crippen molar-refractivity contribution >= 4 is 29.3 Å². The third-order valence-electron chi connectivity index (χ3n) is 6.27. The second-order valence-corrected chi connectivity index (χ2v) is 9.63. The molecule has 1 atom stereocenters. The number of aromatic nitrogens is 3. The van der Waals surface area contributed by atoms with Gasteiger partial charge in [0.25, 0.3) is 5.91 Å². The molecule has 0 saturated heterocycles. The molecule has 4 rings (SSSR count). The number of halogens is 1. The van der Waals surface area contributed by atoms with Crippen LogP contribution in [0.5, 0.6) is 0 Å². The predicted molar refractivity (Wildman–Crippen MR) is 148 cm³/mol. The van der Waals surface area contributed by atoms with E-state index in [2.05, 4.69) is 20.6 Å². The number of nitrogens with one attached hydrogen (secondary N) is 2. The summed E-state index contributed by atoms with van der Waals surface area (Å²) in [7, 11) is 0. The number of aryl methyl sites for hydroxylation is 3. The van der Waals surface area contributed by atoms with Gasteiger partial charge in [0.05, 0.1) is 18.6 Å². The van der Waals surface area contributed by atoms with Gasteiger partial charge in [-0.05, 0) is 78.9 Å². The number of amides is 1. The average Bonchev–Trinajstić information content (AvgIpc) is 3.36. The first-order valence-corrected chi connectivity index (χ1v) is 12.7. The molecule has 2 aromatic heterocycles. The molecule has 0 fully saturated rings. The van der Waals surface area contributed by atoms with E-state index < -0.39 is 17.9 Å². The molecule has 2 aromatic carbocycles. The lowest BCUT2D eigenvalue weighted by Gasteiger charge is -2.18. The number of carbonyl (C=O) groups is 2. The summed E-state index contributed by atoms with van der Waals surface area (Å²) in [5.41, 5.74) is 5.64. The van der Waals surface area contributed by atoms with Crippen molar-refractivity contribution in [1.82, 2.24) is 19.9 Å². The van der Waals surface area contributed by atoms with Crippen LogP contribution in [0.2, 0.25) is 5.02 Å². The number of rotatable bonds is 10. The highest BCUT2D eigenvalue weighted by Crippen LogP contribution is 2.22. The van der Waals surface area contributed by atoms with E-state index in [0.717, 1.165) is 33.9 Å². The fraction of sp³-hybridized carbons (Fsp3) is 0.241. The van der Waals surface area contributed by atoms with E-state index in [1.165, 1.54) is 0 Å². The van der Waals surface area contributed by atoms with Gasteiger partial charge in [0.2, 0.25) is 0 Å². The molecule has 0 spiro atoms. The van der Waals surface area contributed by atoms with Gasteiger partial charge in [-0.3, -0.25) is 4.79 Å². The predicted octanol–water partition coefficient (Wildman–Crippen LogP) is 5.14. The Kier molecular flexibility index (Phi) is 8.43. The van der Waals surface area contributed by atoms with Crippen molar-refractivity contribution < 1.29 is 14.7 Å². The molecule has 2 heterocycles. The third kappa shape index (κ3) is 6.58. The van der Waals surface area contributed by atoms with Crippen LogP contribution in [0.3, 0.4) is 0 Å². The maximum absolute atomic E-state index is 13.0. The highest BCUT2D eigenvalue weighted by Gasteiger charge is 2.23. The molecular weight excluding hydrogens is 502 g/mol. The van der Waals surface area contributed by atoms with Gasteiger partial charge >= 0.3 is 5.97 Å². The van der Waals surface area contributed by atoms with E-state index in [1.807, 2.05) is 61.0 Å². The summed E-state index contributed by atoms with van der Waals surface area (Å²) in [6, 6.07) is 13.8. The first kappa shape index (κ1) is 26.9. The van der Waals surface area contributed by atoms with Crippen molar-refractivity contribution in [1.29, 1.82) is 0 Å². The summed E-state index contributed by atoms with van der Waals surface area (Å²) in [6.45, 7) is 6.28. The van der Waals surface area contributed by atoms with Crippen LogP contribution in [0.15, 0.2) is 67.3 Å². The van der Waals surface area contributed by atoms with Crippen LogP contribution >= 0.6 is 11.6 Å². The summed E-state index contributed by atoms with van der Waals surface area (Å²) >= 11 is 6.14. The Morgan fingerprint density at radius 3 is 2.53 bits per heavy atom. The average molecular weight is 532 g/mol. The van der Waals surface area contributed by atoms with E-state index >= 15 is 0 Å². The van der Waals surface area contributed by atoms with Gasteiger partial charge in [-0.2, -0.15) is 0 Å². The first-order chi connectivity index (χ1) is 18.2. The quantitative estimate of drug-likeness (QED) is 0.261. The van der Waals surface area contributed by atoms with Gasteiger partial charge in [-0.15, -0.1) is 0 Å². The summed E-state index contributed by atoms with van der Waals surface area (Å²) in [5.74, 6) is -0.719. The van der Waals surface area contributed by atoms with Crippen molar-refractivity contribution in [3.63, 3.8) is 0 Å². The number of hydrogen-bond acceptors (Lipinski definition) is 5. The lowest BCUT2D eigenvalue weighted by molar-refractivity contribution is -0.139. The molecular formula is C29H30ClN5O3. The zero-order valence-corrected chi connectivity index (χ0v) is 22.3. The molecule has 8 nitrogen and oxygen atoms in total. The number of carboxylic acids is 1. The van der Waals surface area contributed by atoms with Crippen LogP contribution in [0.25, 0.3) is 5.69 Å². The van der Waals surface area contributed by atoms with E-state index in [4.69, 9.17) is 11.6 Å². The van der Waals surface area contributed by atoms with Crippen molar-refractivity contribution in [2.45, 2.75) is 46.2 Å². The third-order valence-corrected chi connectivity index (χ3v) is 6.49. The molecule has 0 aliphatic rings. The van der Waals surface area contributed by atoms with Crippen molar-refractivity contribution in [2.75, 3.05) is 5.32 Å². The van der Waals surface area contributed by atoms with Crippen LogP contribution in [-0.4, -0.2) is 37.6 Å². The Morgan fingerprint density at radius 2 is 1.84 bits per heavy atom. The Hall–Kier alpha value is -4.17. The van der Waals surface area contributed by atoms with Gasteiger partial charge in [-0.1, -0.05) is 30.7 Å². The first-order valence-electron chi connectivity index (χ1n) is 12.3. The molecule has 0 aliphatic carbocycles. The molecule has 4 aromatic rings. The van der Waals surface area contributed by atoms with Crippen LogP contribution < -0.4 is 10.6 Å². The largest absolute Gasteiger partial charge is 0.480 e. The maximum atomic E-state index is 13.0. The SMILES string of the molecule is CCc1cc(Cl)cc(C)c1C(=O)NC(Cc1ccc(-n2cnc(CNc3cc(C)ccn3)c2)cc1)C(=O)O. The molecule has 0 bridgehead atoms. The minimum atomic E-state index is -1.10. The molecule has 38 heavy (non-hydrogen) atoms. The lowest BCUT2D eigenvalue weighted by atomic mass is 9.98. The van der Waals surface area contributed by atoms with Gasteiger partial charge in [0, 0.05) is 35.1 Å². The van der Waals surface area contributed by atoms with Gasteiger partial charge in [-0.25, -0.2) is 14.8 Å². The number of imidazole rings is 1. The van der Waals surface area contributed by atoms with Gasteiger partial charge < -0.3 is 20.3 Å². The Labute approximate surface area is 226 Å². The maximum Gasteiger partial charge on any atom is 0.326 e. The molecule has 9 heteroatoms. The molecule has 0 radical (unpaired) electrons. The van der Waals surface area contributed by atoms with E-state index in [0.29, 0.717) is 29.1 Å². The van der Waals surface area contributed by atoms with Gasteiger partial charge in [0.15, 0.2) is 0 Å². The fourth-order valence-electron chi connectivity index (χ4n) is 4.30. The number of anilines is 1. The number of hydrogen-bond donors (Lipinski definition) is 3. The highest BCUT2D eigenvalue weighted by molar-refractivity contribution is 6.30. The summed E-state index contributed by atoms with van der Waals surface area (Å²) in [5, 5.41) is 16.3. The van der Waals surface area contributed by atoms with Crippen LogP contribution in [0, 0.1) is 13.8 Å². The van der Waals surface area contributed by atoms with E-state index in [9.17, 15) is 14.7 Å². The molecule has 3 N–H and O–H groups in total. The van der Waals surface area contributed by atoms with Crippen LogP contribution in [0.1, 0.15) is 45.2 Å². The lowest BCUT2D eigenvalue weighted by Crippen LogP contribution is -2.42. The molecule has 196 valence electrons. The number of carboxylic acid groups (broad SMARTS) is 1. The standard InChI is InChI=1S/C29H30ClN5O3/c1-4-21-14-22(30)12-19(3)27(21)28(36)34-25(29(37)38)13-20-5-7-24(8-6-20)35-16-23(33-17-35)15-32-26-11-18(2)9-10-31-26/h5-12,14,16-17,25H,4,13,15H2,1-3H3,(H,31,32)(H,34,36)(H,37,38). The minimum Gasteiger partial charge on any atom is -0.480 e.